The minimum absolute atomic E-state index is 0.165. The number of amides is 3. The summed E-state index contributed by atoms with van der Waals surface area (Å²) in [4.78, 5) is 42.5. The molecule has 2 aliphatic rings. The minimum Gasteiger partial charge on any atom is -0.493 e. The summed E-state index contributed by atoms with van der Waals surface area (Å²) in [5.41, 5.74) is 1.83. The van der Waals surface area contributed by atoms with E-state index in [1.807, 2.05) is 13.8 Å². The lowest BCUT2D eigenvalue weighted by atomic mass is 10.0. The van der Waals surface area contributed by atoms with Crippen LogP contribution in [0.3, 0.4) is 0 Å². The Kier molecular flexibility index (Phi) is 5.31. The Morgan fingerprint density at radius 3 is 2.48 bits per heavy atom. The molecule has 0 saturated heterocycles. The van der Waals surface area contributed by atoms with Crippen LogP contribution >= 0.6 is 0 Å². The van der Waals surface area contributed by atoms with Crippen molar-refractivity contribution in [3.8, 4) is 11.5 Å². The van der Waals surface area contributed by atoms with Gasteiger partial charge < -0.3 is 19.7 Å². The van der Waals surface area contributed by atoms with E-state index in [2.05, 4.69) is 5.32 Å². The molecule has 2 aliphatic heterocycles. The fourth-order valence-electron chi connectivity index (χ4n) is 4.11. The van der Waals surface area contributed by atoms with Gasteiger partial charge in [0.15, 0.2) is 11.5 Å². The summed E-state index contributed by atoms with van der Waals surface area (Å²) in [6, 6.07) is 10.4. The Morgan fingerprint density at radius 2 is 1.81 bits per heavy atom. The number of nitrogens with one attached hydrogen (secondary N) is 1. The zero-order chi connectivity index (χ0) is 22.3. The molecule has 8 nitrogen and oxygen atoms in total. The van der Waals surface area contributed by atoms with Gasteiger partial charge in [0.1, 0.15) is 12.7 Å². The summed E-state index contributed by atoms with van der Waals surface area (Å²) >= 11 is 0. The van der Waals surface area contributed by atoms with E-state index in [0.29, 0.717) is 40.4 Å². The second kappa shape index (κ2) is 7.94. The Labute approximate surface area is 180 Å². The van der Waals surface area contributed by atoms with Crippen LogP contribution in [0.25, 0.3) is 0 Å². The number of para-hydroxylation sites is 1. The monoisotopic (exact) mass is 423 g/mol. The molecule has 0 aromatic heterocycles. The molecule has 2 heterocycles. The second-order valence-electron chi connectivity index (χ2n) is 7.96. The lowest BCUT2D eigenvalue weighted by Gasteiger charge is -2.40. The van der Waals surface area contributed by atoms with Gasteiger partial charge in [-0.3, -0.25) is 19.3 Å². The highest BCUT2D eigenvalue weighted by Crippen LogP contribution is 2.49. The number of benzene rings is 2. The molecule has 0 aliphatic carbocycles. The molecule has 1 atom stereocenters. The number of anilines is 1. The first kappa shape index (κ1) is 20.7. The van der Waals surface area contributed by atoms with Crippen molar-refractivity contribution in [2.24, 2.45) is 5.92 Å². The van der Waals surface area contributed by atoms with E-state index in [4.69, 9.17) is 9.47 Å². The van der Waals surface area contributed by atoms with Crippen molar-refractivity contribution in [1.82, 2.24) is 10.2 Å². The van der Waals surface area contributed by atoms with Crippen molar-refractivity contribution in [2.75, 3.05) is 32.2 Å². The first-order chi connectivity index (χ1) is 14.9. The lowest BCUT2D eigenvalue weighted by Crippen LogP contribution is -2.51. The van der Waals surface area contributed by atoms with Crippen molar-refractivity contribution < 1.29 is 23.9 Å². The summed E-state index contributed by atoms with van der Waals surface area (Å²) < 4.78 is 10.9. The van der Waals surface area contributed by atoms with Crippen molar-refractivity contribution in [3.05, 3.63) is 53.1 Å². The maximum Gasteiger partial charge on any atom is 0.264 e. The highest BCUT2D eigenvalue weighted by atomic mass is 16.5. The normalized spacial score (nSPS) is 16.7. The van der Waals surface area contributed by atoms with Gasteiger partial charge in [0.25, 0.3) is 11.8 Å². The van der Waals surface area contributed by atoms with Gasteiger partial charge in [-0.15, -0.1) is 0 Å². The van der Waals surface area contributed by atoms with Gasteiger partial charge in [-0.25, -0.2) is 0 Å². The number of carbonyl (C=O) groups is 3. The maximum absolute atomic E-state index is 13.5. The molecule has 162 valence electrons. The molecule has 0 fully saturated rings. The van der Waals surface area contributed by atoms with Crippen LogP contribution in [0, 0.1) is 5.92 Å². The van der Waals surface area contributed by atoms with Gasteiger partial charge in [0.2, 0.25) is 5.91 Å². The topological polar surface area (TPSA) is 88.2 Å². The van der Waals surface area contributed by atoms with E-state index < -0.39 is 6.17 Å². The van der Waals surface area contributed by atoms with Crippen molar-refractivity contribution >= 4 is 23.4 Å². The second-order valence-corrected chi connectivity index (χ2v) is 7.96. The predicted molar refractivity (Wildman–Crippen MR) is 114 cm³/mol. The molecule has 0 spiro atoms. The Balaban J connectivity index is 1.83. The molecule has 0 saturated carbocycles. The Bertz CT molecular complexity index is 1070. The van der Waals surface area contributed by atoms with E-state index in [1.165, 1.54) is 19.1 Å². The standard InChI is InChI=1S/C23H25N3O5/c1-13(2)11-24-18(27)12-25-21-15-9-10-17(30-3)20(31-4)19(15)23(29)26(21)16-8-6-5-7-14(16)22(25)28/h5-10,13,21H,11-12H2,1-4H3,(H,24,27)/t21-/m1/s1. The van der Waals surface area contributed by atoms with E-state index in [-0.39, 0.29) is 30.2 Å². The molecule has 2 aromatic rings. The van der Waals surface area contributed by atoms with Gasteiger partial charge in [-0.2, -0.15) is 0 Å². The fraction of sp³-hybridized carbons (Fsp3) is 0.348. The SMILES string of the molecule is COc1ccc2c(c1OC)C(=O)N1c3ccccc3C(=O)N(CC(=O)NCC(C)C)[C@@H]21. The quantitative estimate of drug-likeness (QED) is 0.772. The third-order valence-electron chi connectivity index (χ3n) is 5.50. The van der Waals surface area contributed by atoms with E-state index in [9.17, 15) is 14.4 Å². The molecular formula is C23H25N3O5. The van der Waals surface area contributed by atoms with Gasteiger partial charge in [0.05, 0.1) is 31.0 Å². The fourth-order valence-corrected chi connectivity index (χ4v) is 4.11. The number of fused-ring (bicyclic) bond motifs is 5. The summed E-state index contributed by atoms with van der Waals surface area (Å²) in [5.74, 6) is 0.144. The average Bonchev–Trinajstić information content (AvgIpc) is 3.07. The molecule has 0 radical (unpaired) electrons. The van der Waals surface area contributed by atoms with Gasteiger partial charge in [-0.1, -0.05) is 32.0 Å². The van der Waals surface area contributed by atoms with E-state index in [1.54, 1.807) is 41.3 Å². The molecule has 4 rings (SSSR count). The van der Waals surface area contributed by atoms with E-state index >= 15 is 0 Å². The zero-order valence-corrected chi connectivity index (χ0v) is 18.0. The van der Waals surface area contributed by atoms with Crippen LogP contribution in [0.15, 0.2) is 36.4 Å². The third kappa shape index (κ3) is 3.28. The first-order valence-electron chi connectivity index (χ1n) is 10.1. The van der Waals surface area contributed by atoms with Crippen LogP contribution in [-0.2, 0) is 4.79 Å². The highest BCUT2D eigenvalue weighted by Gasteiger charge is 2.50. The van der Waals surface area contributed by atoms with Crippen LogP contribution in [0.1, 0.15) is 46.3 Å². The molecule has 0 bridgehead atoms. The van der Waals surface area contributed by atoms with Gasteiger partial charge >= 0.3 is 0 Å². The average molecular weight is 423 g/mol. The number of rotatable bonds is 6. The maximum atomic E-state index is 13.5. The third-order valence-corrected chi connectivity index (χ3v) is 5.50. The molecule has 2 aromatic carbocycles. The Hall–Kier alpha value is -3.55. The summed E-state index contributed by atoms with van der Waals surface area (Å²) in [7, 11) is 2.97. The highest BCUT2D eigenvalue weighted by molar-refractivity contribution is 6.18. The number of hydrogen-bond acceptors (Lipinski definition) is 5. The van der Waals surface area contributed by atoms with Crippen LogP contribution in [-0.4, -0.2) is 49.9 Å². The smallest absolute Gasteiger partial charge is 0.264 e. The van der Waals surface area contributed by atoms with Crippen molar-refractivity contribution in [3.63, 3.8) is 0 Å². The summed E-state index contributed by atoms with van der Waals surface area (Å²) in [6.07, 6.45) is -0.741. The summed E-state index contributed by atoms with van der Waals surface area (Å²) in [6.45, 7) is 4.33. The molecular weight excluding hydrogens is 398 g/mol. The molecule has 3 amide bonds. The van der Waals surface area contributed by atoms with Crippen LogP contribution < -0.4 is 19.7 Å². The number of methoxy groups -OCH3 is 2. The van der Waals surface area contributed by atoms with E-state index in [0.717, 1.165) is 0 Å². The number of hydrogen-bond donors (Lipinski definition) is 1. The number of nitrogens with zero attached hydrogens (tertiary/aromatic N) is 2. The van der Waals surface area contributed by atoms with Crippen molar-refractivity contribution in [1.29, 1.82) is 0 Å². The van der Waals surface area contributed by atoms with Crippen LogP contribution in [0.5, 0.6) is 11.5 Å². The first-order valence-corrected chi connectivity index (χ1v) is 10.1. The summed E-state index contributed by atoms with van der Waals surface area (Å²) in [5, 5.41) is 2.85. The molecule has 0 unspecified atom stereocenters. The zero-order valence-electron chi connectivity index (χ0n) is 18.0. The molecule has 8 heteroatoms. The van der Waals surface area contributed by atoms with Crippen LogP contribution in [0.2, 0.25) is 0 Å². The largest absolute Gasteiger partial charge is 0.493 e. The molecule has 1 N–H and O–H groups in total. The van der Waals surface area contributed by atoms with Gasteiger partial charge in [0, 0.05) is 12.1 Å². The number of carbonyl (C=O) groups excluding carboxylic acids is 3. The molecule has 31 heavy (non-hydrogen) atoms. The minimum atomic E-state index is -0.741. The van der Waals surface area contributed by atoms with Gasteiger partial charge in [-0.05, 0) is 24.1 Å². The number of ether oxygens (including phenoxy) is 2. The van der Waals surface area contributed by atoms with Crippen molar-refractivity contribution in [2.45, 2.75) is 20.0 Å². The van der Waals surface area contributed by atoms with Crippen LogP contribution in [0.4, 0.5) is 5.69 Å². The lowest BCUT2D eigenvalue weighted by molar-refractivity contribution is -0.122. The predicted octanol–water partition coefficient (Wildman–Crippen LogP) is 2.59. The Morgan fingerprint density at radius 1 is 1.06 bits per heavy atom.